The predicted octanol–water partition coefficient (Wildman–Crippen LogP) is 0.662. The molecule has 0 bridgehead atoms. The molecule has 0 aliphatic carbocycles. The maximum Gasteiger partial charge on any atom is 0.0715 e. The highest BCUT2D eigenvalue weighted by atomic mass is 32.2. The number of hydrogen-bond acceptors (Lipinski definition) is 3. The van der Waals surface area contributed by atoms with Gasteiger partial charge in [0, 0.05) is 19.0 Å². The minimum Gasteiger partial charge on any atom is -0.391 e. The molecule has 1 saturated heterocycles. The molecular weight excluding hydrogens is 158 g/mol. The summed E-state index contributed by atoms with van der Waals surface area (Å²) in [5.74, 6) is 2.78. The number of likely N-dealkylation sites (N-methyl/N-ethyl adjacent to an activating group) is 1. The quantitative estimate of drug-likeness (QED) is 0.682. The first-order chi connectivity index (χ1) is 5.24. The summed E-state index contributed by atoms with van der Waals surface area (Å²) in [6, 6.07) is 0. The van der Waals surface area contributed by atoms with E-state index in [1.54, 1.807) is 0 Å². The molecule has 0 saturated carbocycles. The monoisotopic (exact) mass is 175 g/mol. The van der Waals surface area contributed by atoms with Crippen molar-refractivity contribution in [2.24, 2.45) is 5.92 Å². The lowest BCUT2D eigenvalue weighted by atomic mass is 10.1. The van der Waals surface area contributed by atoms with Gasteiger partial charge in [-0.1, -0.05) is 6.92 Å². The number of aliphatic hydroxyl groups is 1. The van der Waals surface area contributed by atoms with Crippen LogP contribution in [0.1, 0.15) is 6.92 Å². The molecule has 11 heavy (non-hydrogen) atoms. The van der Waals surface area contributed by atoms with Crippen LogP contribution in [0.2, 0.25) is 0 Å². The molecule has 0 amide bonds. The Labute approximate surface area is 73.0 Å². The molecule has 1 aliphatic heterocycles. The van der Waals surface area contributed by atoms with Crippen molar-refractivity contribution < 1.29 is 5.11 Å². The summed E-state index contributed by atoms with van der Waals surface area (Å²) in [6.45, 7) is 4.08. The first-order valence-corrected chi connectivity index (χ1v) is 5.34. The summed E-state index contributed by atoms with van der Waals surface area (Å²) >= 11 is 1.92. The van der Waals surface area contributed by atoms with Crippen LogP contribution in [0.5, 0.6) is 0 Å². The molecule has 1 fully saturated rings. The molecule has 0 aromatic rings. The topological polar surface area (TPSA) is 23.5 Å². The second kappa shape index (κ2) is 4.33. The van der Waals surface area contributed by atoms with E-state index < -0.39 is 0 Å². The van der Waals surface area contributed by atoms with Crippen molar-refractivity contribution >= 4 is 11.8 Å². The van der Waals surface area contributed by atoms with Crippen LogP contribution in [0.25, 0.3) is 0 Å². The number of aliphatic hydroxyl groups excluding tert-OH is 1. The predicted molar refractivity (Wildman–Crippen MR) is 50.0 cm³/mol. The van der Waals surface area contributed by atoms with Crippen LogP contribution < -0.4 is 0 Å². The van der Waals surface area contributed by atoms with Crippen LogP contribution in [0.4, 0.5) is 0 Å². The number of nitrogens with zero attached hydrogens (tertiary/aromatic N) is 1. The van der Waals surface area contributed by atoms with Crippen LogP contribution in [0, 0.1) is 5.92 Å². The molecule has 1 heterocycles. The Bertz CT molecular complexity index is 121. The van der Waals surface area contributed by atoms with Crippen molar-refractivity contribution in [2.75, 3.05) is 31.6 Å². The summed E-state index contributed by atoms with van der Waals surface area (Å²) in [4.78, 5) is 2.20. The van der Waals surface area contributed by atoms with E-state index >= 15 is 0 Å². The molecule has 1 rings (SSSR count). The van der Waals surface area contributed by atoms with E-state index in [2.05, 4.69) is 18.9 Å². The lowest BCUT2D eigenvalue weighted by Gasteiger charge is -2.11. The SMILES string of the molecule is CCSC[C@H]1CN(C)C[C@@H]1O. The Hall–Kier alpha value is 0.270. The molecule has 1 N–H and O–H groups in total. The van der Waals surface area contributed by atoms with Crippen molar-refractivity contribution in [1.29, 1.82) is 0 Å². The summed E-state index contributed by atoms with van der Waals surface area (Å²) < 4.78 is 0. The standard InChI is InChI=1S/C8H17NOS/c1-3-11-6-7-4-9(2)5-8(7)10/h7-8,10H,3-6H2,1-2H3/t7-,8+/m1/s1. The van der Waals surface area contributed by atoms with E-state index in [-0.39, 0.29) is 6.10 Å². The van der Waals surface area contributed by atoms with Gasteiger partial charge < -0.3 is 10.0 Å². The van der Waals surface area contributed by atoms with Gasteiger partial charge in [-0.05, 0) is 18.6 Å². The Morgan fingerprint density at radius 1 is 1.55 bits per heavy atom. The Balaban J connectivity index is 2.23. The van der Waals surface area contributed by atoms with Gasteiger partial charge >= 0.3 is 0 Å². The van der Waals surface area contributed by atoms with Gasteiger partial charge in [-0.15, -0.1) is 0 Å². The van der Waals surface area contributed by atoms with Gasteiger partial charge in [0.25, 0.3) is 0 Å². The maximum atomic E-state index is 9.53. The zero-order chi connectivity index (χ0) is 8.27. The molecular formula is C8H17NOS. The van der Waals surface area contributed by atoms with Gasteiger partial charge in [0.2, 0.25) is 0 Å². The zero-order valence-electron chi connectivity index (χ0n) is 7.29. The average Bonchev–Trinajstić information content (AvgIpc) is 2.26. The second-order valence-corrected chi connectivity index (χ2v) is 4.53. The maximum absolute atomic E-state index is 9.53. The van der Waals surface area contributed by atoms with Gasteiger partial charge in [-0.2, -0.15) is 11.8 Å². The fourth-order valence-corrected chi connectivity index (χ4v) is 2.36. The number of likely N-dealkylation sites (tertiary alicyclic amines) is 1. The van der Waals surface area contributed by atoms with E-state index in [1.165, 1.54) is 0 Å². The van der Waals surface area contributed by atoms with Crippen molar-refractivity contribution in [3.63, 3.8) is 0 Å². The third kappa shape index (κ3) is 2.65. The van der Waals surface area contributed by atoms with Crippen LogP contribution >= 0.6 is 11.8 Å². The van der Waals surface area contributed by atoms with Crippen molar-refractivity contribution in [3.05, 3.63) is 0 Å². The minimum absolute atomic E-state index is 0.0842. The molecule has 3 heteroatoms. The normalized spacial score (nSPS) is 33.0. The van der Waals surface area contributed by atoms with Crippen LogP contribution in [-0.4, -0.2) is 47.8 Å². The third-order valence-corrected chi connectivity index (χ3v) is 3.20. The summed E-state index contributed by atoms with van der Waals surface area (Å²) in [5.41, 5.74) is 0. The first-order valence-electron chi connectivity index (χ1n) is 4.18. The summed E-state index contributed by atoms with van der Waals surface area (Å²) in [7, 11) is 2.07. The summed E-state index contributed by atoms with van der Waals surface area (Å²) in [6.07, 6.45) is -0.0842. The number of hydrogen-bond donors (Lipinski definition) is 1. The Morgan fingerprint density at radius 2 is 2.27 bits per heavy atom. The molecule has 1 aliphatic rings. The van der Waals surface area contributed by atoms with Gasteiger partial charge in [-0.3, -0.25) is 0 Å². The van der Waals surface area contributed by atoms with E-state index in [4.69, 9.17) is 0 Å². The number of rotatable bonds is 3. The van der Waals surface area contributed by atoms with E-state index in [0.717, 1.165) is 24.6 Å². The lowest BCUT2D eigenvalue weighted by Crippen LogP contribution is -2.19. The van der Waals surface area contributed by atoms with Crippen LogP contribution in [0.15, 0.2) is 0 Å². The molecule has 0 aromatic heterocycles. The smallest absolute Gasteiger partial charge is 0.0715 e. The molecule has 0 radical (unpaired) electrons. The fraction of sp³-hybridized carbons (Fsp3) is 1.00. The van der Waals surface area contributed by atoms with Gasteiger partial charge in [-0.25, -0.2) is 0 Å². The van der Waals surface area contributed by atoms with E-state index in [0.29, 0.717) is 5.92 Å². The number of β-amino-alcohol motifs (C(OH)–C–C–N with tert-alkyl or cyclic N) is 1. The molecule has 0 unspecified atom stereocenters. The fourth-order valence-electron chi connectivity index (χ4n) is 1.50. The second-order valence-electron chi connectivity index (χ2n) is 3.21. The Morgan fingerprint density at radius 3 is 2.73 bits per heavy atom. The van der Waals surface area contributed by atoms with Gasteiger partial charge in [0.1, 0.15) is 0 Å². The van der Waals surface area contributed by atoms with E-state index in [1.807, 2.05) is 11.8 Å². The highest BCUT2D eigenvalue weighted by Crippen LogP contribution is 2.19. The summed E-state index contributed by atoms with van der Waals surface area (Å²) in [5, 5.41) is 9.53. The van der Waals surface area contributed by atoms with Crippen molar-refractivity contribution in [3.8, 4) is 0 Å². The van der Waals surface area contributed by atoms with Crippen LogP contribution in [-0.2, 0) is 0 Å². The highest BCUT2D eigenvalue weighted by Gasteiger charge is 2.28. The lowest BCUT2D eigenvalue weighted by molar-refractivity contribution is 0.152. The van der Waals surface area contributed by atoms with E-state index in [9.17, 15) is 5.11 Å². The van der Waals surface area contributed by atoms with Gasteiger partial charge in [0.15, 0.2) is 0 Å². The highest BCUT2D eigenvalue weighted by molar-refractivity contribution is 7.99. The van der Waals surface area contributed by atoms with Crippen molar-refractivity contribution in [2.45, 2.75) is 13.0 Å². The molecule has 0 spiro atoms. The average molecular weight is 175 g/mol. The van der Waals surface area contributed by atoms with Crippen molar-refractivity contribution in [1.82, 2.24) is 4.90 Å². The molecule has 2 nitrogen and oxygen atoms in total. The molecule has 66 valence electrons. The third-order valence-electron chi connectivity index (χ3n) is 2.13. The minimum atomic E-state index is -0.0842. The number of thioether (sulfide) groups is 1. The molecule has 2 atom stereocenters. The van der Waals surface area contributed by atoms with Crippen LogP contribution in [0.3, 0.4) is 0 Å². The molecule has 0 aromatic carbocycles. The first kappa shape index (κ1) is 9.36. The zero-order valence-corrected chi connectivity index (χ0v) is 8.10. The van der Waals surface area contributed by atoms with Gasteiger partial charge in [0.05, 0.1) is 6.10 Å². The largest absolute Gasteiger partial charge is 0.391 e. The Kier molecular flexibility index (Phi) is 3.69.